The molecule has 1 aromatic carbocycles. The van der Waals surface area contributed by atoms with Crippen LogP contribution in [0.4, 0.5) is 10.8 Å². The number of carbonyl (C=O) groups is 2. The van der Waals surface area contributed by atoms with Gasteiger partial charge in [-0.1, -0.05) is 27.2 Å². The van der Waals surface area contributed by atoms with Crippen LogP contribution in [0.3, 0.4) is 0 Å². The van der Waals surface area contributed by atoms with E-state index in [9.17, 15) is 9.59 Å². The summed E-state index contributed by atoms with van der Waals surface area (Å²) < 4.78 is 0. The molecule has 0 spiro atoms. The summed E-state index contributed by atoms with van der Waals surface area (Å²) in [7, 11) is 0. The van der Waals surface area contributed by atoms with E-state index in [1.165, 1.54) is 4.88 Å². The van der Waals surface area contributed by atoms with E-state index >= 15 is 0 Å². The molecule has 2 aromatic rings. The molecule has 6 heteroatoms. The molecule has 1 heterocycles. The number of amides is 2. The molecule has 0 radical (unpaired) electrons. The van der Waals surface area contributed by atoms with Crippen molar-refractivity contribution in [1.82, 2.24) is 4.98 Å². The van der Waals surface area contributed by atoms with Crippen LogP contribution in [0.2, 0.25) is 0 Å². The minimum absolute atomic E-state index is 0.0630. The number of rotatable bonds is 7. The molecule has 1 fully saturated rings. The number of thiazole rings is 1. The molecule has 1 aliphatic carbocycles. The molecule has 2 unspecified atom stereocenters. The van der Waals surface area contributed by atoms with Gasteiger partial charge in [-0.2, -0.15) is 0 Å². The Hall–Kier alpha value is -2.21. The van der Waals surface area contributed by atoms with Crippen LogP contribution < -0.4 is 10.6 Å². The van der Waals surface area contributed by atoms with Crippen molar-refractivity contribution in [2.24, 2.45) is 11.8 Å². The summed E-state index contributed by atoms with van der Waals surface area (Å²) in [5.41, 5.74) is 2.36. The Labute approximate surface area is 158 Å². The van der Waals surface area contributed by atoms with E-state index in [2.05, 4.69) is 36.4 Å². The lowest BCUT2D eigenvalue weighted by molar-refractivity contribution is -0.117. The molecule has 5 nitrogen and oxygen atoms in total. The standard InChI is InChI=1S/C20H25N3O2S/c1-4-6-16-17(5-2)26-20(22-16)23-18(24)13-7-9-14(10-8-13)21-19(25)15-11-12(15)3/h7-10,12,15H,4-6,11H2,1-3H3,(H,21,25)(H,22,23,24). The van der Waals surface area contributed by atoms with Crippen molar-refractivity contribution < 1.29 is 9.59 Å². The average molecular weight is 372 g/mol. The Morgan fingerprint density at radius 3 is 2.46 bits per heavy atom. The number of hydrogen-bond donors (Lipinski definition) is 2. The van der Waals surface area contributed by atoms with E-state index in [4.69, 9.17) is 0 Å². The van der Waals surface area contributed by atoms with Gasteiger partial charge in [-0.3, -0.25) is 14.9 Å². The van der Waals surface area contributed by atoms with Crippen LogP contribution in [-0.4, -0.2) is 16.8 Å². The van der Waals surface area contributed by atoms with Crippen molar-refractivity contribution in [3.05, 3.63) is 40.4 Å². The Morgan fingerprint density at radius 2 is 1.88 bits per heavy atom. The van der Waals surface area contributed by atoms with Gasteiger partial charge < -0.3 is 5.32 Å². The van der Waals surface area contributed by atoms with Crippen molar-refractivity contribution in [1.29, 1.82) is 0 Å². The molecule has 3 rings (SSSR count). The maximum atomic E-state index is 12.4. The van der Waals surface area contributed by atoms with Gasteiger partial charge >= 0.3 is 0 Å². The van der Waals surface area contributed by atoms with Gasteiger partial charge in [0.2, 0.25) is 5.91 Å². The first-order valence-electron chi connectivity index (χ1n) is 9.22. The third-order valence-electron chi connectivity index (χ3n) is 4.67. The summed E-state index contributed by atoms with van der Waals surface area (Å²) in [5.74, 6) is 0.489. The fourth-order valence-electron chi connectivity index (χ4n) is 2.94. The lowest BCUT2D eigenvalue weighted by Crippen LogP contribution is -2.15. The lowest BCUT2D eigenvalue weighted by atomic mass is 10.2. The van der Waals surface area contributed by atoms with Gasteiger partial charge in [-0.25, -0.2) is 4.98 Å². The average Bonchev–Trinajstić information content (AvgIpc) is 3.24. The van der Waals surface area contributed by atoms with Crippen LogP contribution in [-0.2, 0) is 17.6 Å². The molecule has 0 saturated heterocycles. The highest BCUT2D eigenvalue weighted by atomic mass is 32.1. The number of hydrogen-bond acceptors (Lipinski definition) is 4. The number of aryl methyl sites for hydroxylation is 2. The zero-order valence-corrected chi connectivity index (χ0v) is 16.3. The van der Waals surface area contributed by atoms with Crippen molar-refractivity contribution in [3.8, 4) is 0 Å². The third kappa shape index (κ3) is 4.30. The van der Waals surface area contributed by atoms with Gasteiger partial charge in [-0.05, 0) is 49.4 Å². The van der Waals surface area contributed by atoms with Crippen molar-refractivity contribution >= 4 is 34.0 Å². The summed E-state index contributed by atoms with van der Waals surface area (Å²) in [6.45, 7) is 6.31. The summed E-state index contributed by atoms with van der Waals surface area (Å²) >= 11 is 1.54. The van der Waals surface area contributed by atoms with Gasteiger partial charge in [0.25, 0.3) is 5.91 Å². The molecule has 26 heavy (non-hydrogen) atoms. The van der Waals surface area contributed by atoms with E-state index in [1.807, 2.05) is 0 Å². The Balaban J connectivity index is 1.62. The van der Waals surface area contributed by atoms with Gasteiger partial charge in [0, 0.05) is 22.0 Å². The van der Waals surface area contributed by atoms with Gasteiger partial charge in [0.05, 0.1) is 5.69 Å². The Kier molecular flexibility index (Phi) is 5.71. The molecule has 2 amide bonds. The number of anilines is 2. The van der Waals surface area contributed by atoms with Crippen LogP contribution in [0, 0.1) is 11.8 Å². The zero-order valence-electron chi connectivity index (χ0n) is 15.5. The van der Waals surface area contributed by atoms with Crippen LogP contribution >= 0.6 is 11.3 Å². The predicted octanol–water partition coefficient (Wildman–Crippen LogP) is 4.50. The fourth-order valence-corrected chi connectivity index (χ4v) is 3.88. The van der Waals surface area contributed by atoms with Gasteiger partial charge in [-0.15, -0.1) is 11.3 Å². The van der Waals surface area contributed by atoms with Crippen LogP contribution in [0.25, 0.3) is 0 Å². The first kappa shape index (κ1) is 18.6. The van der Waals surface area contributed by atoms with E-state index in [1.54, 1.807) is 35.6 Å². The molecule has 0 aliphatic heterocycles. The fraction of sp³-hybridized carbons (Fsp3) is 0.450. The maximum absolute atomic E-state index is 12.4. The van der Waals surface area contributed by atoms with E-state index in [0.29, 0.717) is 16.6 Å². The summed E-state index contributed by atoms with van der Waals surface area (Å²) in [6.07, 6.45) is 3.86. The summed E-state index contributed by atoms with van der Waals surface area (Å²) in [6, 6.07) is 6.98. The van der Waals surface area contributed by atoms with Crippen molar-refractivity contribution in [3.63, 3.8) is 0 Å². The number of nitrogens with one attached hydrogen (secondary N) is 2. The number of benzene rings is 1. The van der Waals surface area contributed by atoms with Crippen LogP contribution in [0.15, 0.2) is 24.3 Å². The SMILES string of the molecule is CCCc1nc(NC(=O)c2ccc(NC(=O)C3CC3C)cc2)sc1CC. The van der Waals surface area contributed by atoms with Crippen molar-refractivity contribution in [2.45, 2.75) is 46.5 Å². The maximum Gasteiger partial charge on any atom is 0.257 e. The smallest absolute Gasteiger partial charge is 0.257 e. The molecular weight excluding hydrogens is 346 g/mol. The second kappa shape index (κ2) is 7.99. The second-order valence-corrected chi connectivity index (χ2v) is 7.92. The van der Waals surface area contributed by atoms with E-state index < -0.39 is 0 Å². The lowest BCUT2D eigenvalue weighted by Gasteiger charge is -2.06. The predicted molar refractivity (Wildman–Crippen MR) is 106 cm³/mol. The number of nitrogens with zero attached hydrogens (tertiary/aromatic N) is 1. The molecule has 138 valence electrons. The number of carbonyl (C=O) groups excluding carboxylic acids is 2. The topological polar surface area (TPSA) is 71.1 Å². The highest BCUT2D eigenvalue weighted by Gasteiger charge is 2.39. The quantitative estimate of drug-likeness (QED) is 0.752. The Morgan fingerprint density at radius 1 is 1.19 bits per heavy atom. The normalized spacial score (nSPS) is 18.4. The summed E-state index contributed by atoms with van der Waals surface area (Å²) in [5, 5.41) is 6.44. The van der Waals surface area contributed by atoms with Crippen LogP contribution in [0.1, 0.15) is 54.5 Å². The molecule has 1 saturated carbocycles. The second-order valence-electron chi connectivity index (χ2n) is 6.83. The Bertz CT molecular complexity index is 798. The highest BCUT2D eigenvalue weighted by Crippen LogP contribution is 2.38. The largest absolute Gasteiger partial charge is 0.326 e. The van der Waals surface area contributed by atoms with Crippen molar-refractivity contribution in [2.75, 3.05) is 10.6 Å². The molecular formula is C20H25N3O2S. The number of aromatic nitrogens is 1. The minimum atomic E-state index is -0.182. The first-order valence-corrected chi connectivity index (χ1v) is 10.0. The van der Waals surface area contributed by atoms with Crippen LogP contribution in [0.5, 0.6) is 0 Å². The van der Waals surface area contributed by atoms with E-state index in [0.717, 1.165) is 37.1 Å². The molecule has 0 bridgehead atoms. The van der Waals surface area contributed by atoms with Gasteiger partial charge in [0.1, 0.15) is 0 Å². The third-order valence-corrected chi connectivity index (χ3v) is 5.82. The molecule has 2 atom stereocenters. The minimum Gasteiger partial charge on any atom is -0.326 e. The highest BCUT2D eigenvalue weighted by molar-refractivity contribution is 7.15. The molecule has 1 aliphatic rings. The first-order chi connectivity index (χ1) is 12.5. The van der Waals surface area contributed by atoms with E-state index in [-0.39, 0.29) is 17.7 Å². The zero-order chi connectivity index (χ0) is 18.7. The summed E-state index contributed by atoms with van der Waals surface area (Å²) in [4.78, 5) is 30.2. The molecule has 1 aromatic heterocycles. The monoisotopic (exact) mass is 371 g/mol. The molecule has 2 N–H and O–H groups in total. The van der Waals surface area contributed by atoms with Gasteiger partial charge in [0.15, 0.2) is 5.13 Å².